The molecule has 0 aromatic heterocycles. The number of carbonyl (C=O) groups is 2. The summed E-state index contributed by atoms with van der Waals surface area (Å²) in [5, 5.41) is 11.5. The van der Waals surface area contributed by atoms with Gasteiger partial charge in [-0.2, -0.15) is 0 Å². The van der Waals surface area contributed by atoms with Crippen LogP contribution in [0.25, 0.3) is 0 Å². The highest BCUT2D eigenvalue weighted by molar-refractivity contribution is 6.30. The van der Waals surface area contributed by atoms with E-state index in [1.807, 2.05) is 18.2 Å². The zero-order valence-electron chi connectivity index (χ0n) is 17.5. The highest BCUT2D eigenvalue weighted by atomic mass is 35.5. The van der Waals surface area contributed by atoms with Crippen LogP contribution in [-0.4, -0.2) is 52.7 Å². The normalized spacial score (nSPS) is 13.5. The lowest BCUT2D eigenvalue weighted by molar-refractivity contribution is -0.385. The van der Waals surface area contributed by atoms with Crippen LogP contribution in [0.1, 0.15) is 20.7 Å². The Kier molecular flexibility index (Phi) is 6.55. The van der Waals surface area contributed by atoms with Gasteiger partial charge >= 0.3 is 5.69 Å². The van der Waals surface area contributed by atoms with Gasteiger partial charge in [-0.3, -0.25) is 19.7 Å². The van der Waals surface area contributed by atoms with Gasteiger partial charge in [0.15, 0.2) is 0 Å². The first-order chi connectivity index (χ1) is 15.9. The molecule has 3 aromatic carbocycles. The van der Waals surface area contributed by atoms with Gasteiger partial charge in [-0.05, 0) is 48.5 Å². The van der Waals surface area contributed by atoms with Gasteiger partial charge in [0.1, 0.15) is 5.75 Å². The molecule has 0 spiro atoms. The highest BCUT2D eigenvalue weighted by Crippen LogP contribution is 2.33. The van der Waals surface area contributed by atoms with Crippen molar-refractivity contribution in [2.45, 2.75) is 0 Å². The number of nitrogens with zero attached hydrogens (tertiary/aromatic N) is 3. The second kappa shape index (κ2) is 9.70. The molecular weight excluding hydrogens is 446 g/mol. The van der Waals surface area contributed by atoms with E-state index < -0.39 is 4.92 Å². The maximum Gasteiger partial charge on any atom is 0.313 e. The third kappa shape index (κ3) is 5.12. The van der Waals surface area contributed by atoms with Gasteiger partial charge in [0.05, 0.1) is 4.92 Å². The van der Waals surface area contributed by atoms with Crippen LogP contribution in [0.3, 0.4) is 0 Å². The van der Waals surface area contributed by atoms with E-state index in [9.17, 15) is 19.7 Å². The Bertz CT molecular complexity index is 1180. The quantitative estimate of drug-likeness (QED) is 0.404. The summed E-state index contributed by atoms with van der Waals surface area (Å²) in [4.78, 5) is 39.6. The van der Waals surface area contributed by atoms with E-state index in [1.165, 1.54) is 18.2 Å². The van der Waals surface area contributed by atoms with Crippen LogP contribution >= 0.6 is 11.6 Å². The topological polar surface area (TPSA) is 93.0 Å². The maximum absolute atomic E-state index is 12.9. The van der Waals surface area contributed by atoms with Gasteiger partial charge in [-0.15, -0.1) is 0 Å². The molecule has 168 valence electrons. The van der Waals surface area contributed by atoms with Gasteiger partial charge < -0.3 is 14.5 Å². The van der Waals surface area contributed by atoms with E-state index >= 15 is 0 Å². The molecular formula is C24H20ClN3O5. The number of nitro groups is 1. The van der Waals surface area contributed by atoms with Crippen LogP contribution in [0.4, 0.5) is 5.69 Å². The predicted molar refractivity (Wildman–Crippen MR) is 123 cm³/mol. The molecule has 0 radical (unpaired) electrons. The molecule has 0 atom stereocenters. The molecule has 9 heteroatoms. The highest BCUT2D eigenvalue weighted by Gasteiger charge is 2.25. The smallest absolute Gasteiger partial charge is 0.313 e. The van der Waals surface area contributed by atoms with Crippen molar-refractivity contribution in [3.63, 3.8) is 0 Å². The molecule has 1 saturated heterocycles. The Hall–Kier alpha value is -3.91. The molecule has 1 aliphatic heterocycles. The summed E-state index contributed by atoms with van der Waals surface area (Å²) in [5.41, 5.74) is 0.857. The zero-order valence-corrected chi connectivity index (χ0v) is 18.3. The lowest BCUT2D eigenvalue weighted by Crippen LogP contribution is -2.50. The number of nitro benzene ring substituents is 1. The SMILES string of the molecule is O=C(c1ccccc1)N1CCN(C(=O)c2ccc(Oc3ccc(Cl)cc3[N+](=O)[O-])cc2)CC1. The van der Waals surface area contributed by atoms with Crippen molar-refractivity contribution in [3.8, 4) is 11.5 Å². The summed E-state index contributed by atoms with van der Waals surface area (Å²) in [5.74, 6) is 0.226. The van der Waals surface area contributed by atoms with Crippen molar-refractivity contribution >= 4 is 29.1 Å². The minimum absolute atomic E-state index is 0.0412. The van der Waals surface area contributed by atoms with Crippen LogP contribution in [0.15, 0.2) is 72.8 Å². The molecule has 4 rings (SSSR count). The van der Waals surface area contributed by atoms with E-state index in [-0.39, 0.29) is 28.3 Å². The van der Waals surface area contributed by atoms with Crippen molar-refractivity contribution in [1.82, 2.24) is 9.80 Å². The van der Waals surface area contributed by atoms with Gasteiger partial charge in [0.2, 0.25) is 5.75 Å². The number of carbonyl (C=O) groups excluding carboxylic acids is 2. The van der Waals surface area contributed by atoms with Crippen LogP contribution in [0, 0.1) is 10.1 Å². The van der Waals surface area contributed by atoms with Crippen molar-refractivity contribution in [2.75, 3.05) is 26.2 Å². The molecule has 0 saturated carbocycles. The third-order valence-corrected chi connectivity index (χ3v) is 5.56. The van der Waals surface area contributed by atoms with Gasteiger partial charge in [0.25, 0.3) is 11.8 Å². The van der Waals surface area contributed by atoms with E-state index in [1.54, 1.807) is 46.2 Å². The second-order valence-electron chi connectivity index (χ2n) is 7.45. The predicted octanol–water partition coefficient (Wildman–Crippen LogP) is 4.64. The van der Waals surface area contributed by atoms with Crippen LogP contribution in [0.5, 0.6) is 11.5 Å². The molecule has 0 N–H and O–H groups in total. The molecule has 0 aliphatic carbocycles. The van der Waals surface area contributed by atoms with E-state index in [4.69, 9.17) is 16.3 Å². The Labute approximate surface area is 195 Å². The molecule has 2 amide bonds. The Morgan fingerprint density at radius 3 is 1.91 bits per heavy atom. The monoisotopic (exact) mass is 465 g/mol. The standard InChI is InChI=1S/C24H20ClN3O5/c25-19-8-11-22(21(16-19)28(31)32)33-20-9-6-18(7-10-20)24(30)27-14-12-26(13-15-27)23(29)17-4-2-1-3-5-17/h1-11,16H,12-15H2. The average Bonchev–Trinajstić information content (AvgIpc) is 2.85. The van der Waals surface area contributed by atoms with Crippen LogP contribution in [0.2, 0.25) is 5.02 Å². The number of rotatable bonds is 5. The van der Waals surface area contributed by atoms with Gasteiger partial charge in [-0.1, -0.05) is 29.8 Å². The number of benzene rings is 3. The number of ether oxygens (including phenoxy) is 1. The Morgan fingerprint density at radius 2 is 1.36 bits per heavy atom. The van der Waals surface area contributed by atoms with Gasteiger partial charge in [0, 0.05) is 48.4 Å². The molecule has 1 fully saturated rings. The molecule has 3 aromatic rings. The summed E-state index contributed by atoms with van der Waals surface area (Å²) in [6.45, 7) is 1.79. The van der Waals surface area contributed by atoms with Crippen molar-refractivity contribution in [1.29, 1.82) is 0 Å². The molecule has 33 heavy (non-hydrogen) atoms. The lowest BCUT2D eigenvalue weighted by atomic mass is 10.1. The van der Waals surface area contributed by atoms with Crippen LogP contribution < -0.4 is 4.74 Å². The Morgan fingerprint density at radius 1 is 0.818 bits per heavy atom. The summed E-state index contributed by atoms with van der Waals surface area (Å²) in [6, 6.07) is 19.6. The largest absolute Gasteiger partial charge is 0.450 e. The van der Waals surface area contributed by atoms with Gasteiger partial charge in [-0.25, -0.2) is 0 Å². The fraction of sp³-hybridized carbons (Fsp3) is 0.167. The second-order valence-corrected chi connectivity index (χ2v) is 7.88. The molecule has 0 bridgehead atoms. The molecule has 0 unspecified atom stereocenters. The summed E-state index contributed by atoms with van der Waals surface area (Å²) >= 11 is 5.83. The maximum atomic E-state index is 12.9. The number of amides is 2. The number of hydrogen-bond acceptors (Lipinski definition) is 5. The lowest BCUT2D eigenvalue weighted by Gasteiger charge is -2.34. The first-order valence-corrected chi connectivity index (χ1v) is 10.7. The van der Waals surface area contributed by atoms with Crippen molar-refractivity contribution in [2.24, 2.45) is 0 Å². The number of hydrogen-bond donors (Lipinski definition) is 0. The van der Waals surface area contributed by atoms with Crippen LogP contribution in [-0.2, 0) is 0 Å². The van der Waals surface area contributed by atoms with E-state index in [0.717, 1.165) is 0 Å². The van der Waals surface area contributed by atoms with Crippen molar-refractivity contribution in [3.05, 3.63) is 99.1 Å². The van der Waals surface area contributed by atoms with E-state index in [2.05, 4.69) is 0 Å². The average molecular weight is 466 g/mol. The third-order valence-electron chi connectivity index (χ3n) is 5.32. The minimum Gasteiger partial charge on any atom is -0.450 e. The summed E-state index contributed by atoms with van der Waals surface area (Å²) < 4.78 is 5.62. The van der Waals surface area contributed by atoms with E-state index in [0.29, 0.717) is 43.1 Å². The molecule has 1 aliphatic rings. The minimum atomic E-state index is -0.568. The number of piperazine rings is 1. The summed E-state index contributed by atoms with van der Waals surface area (Å²) in [6.07, 6.45) is 0. The molecule has 8 nitrogen and oxygen atoms in total. The number of halogens is 1. The first-order valence-electron chi connectivity index (χ1n) is 10.3. The fourth-order valence-electron chi connectivity index (χ4n) is 3.57. The zero-order chi connectivity index (χ0) is 23.4. The Balaban J connectivity index is 1.37. The summed E-state index contributed by atoms with van der Waals surface area (Å²) in [7, 11) is 0. The fourth-order valence-corrected chi connectivity index (χ4v) is 3.74. The van der Waals surface area contributed by atoms with Crippen molar-refractivity contribution < 1.29 is 19.2 Å². The first kappa shape index (κ1) is 22.3. The molecule has 1 heterocycles.